The van der Waals surface area contributed by atoms with E-state index in [2.05, 4.69) is 4.72 Å². The molecule has 0 radical (unpaired) electrons. The summed E-state index contributed by atoms with van der Waals surface area (Å²) >= 11 is 0. The predicted octanol–water partition coefficient (Wildman–Crippen LogP) is 2.88. The van der Waals surface area contributed by atoms with Crippen LogP contribution in [0.15, 0.2) is 41.3 Å². The summed E-state index contributed by atoms with van der Waals surface area (Å²) < 4.78 is 32.4. The molecule has 1 N–H and O–H groups in total. The van der Waals surface area contributed by atoms with E-state index in [4.69, 9.17) is 4.74 Å². The molecule has 0 aliphatic heterocycles. The van der Waals surface area contributed by atoms with E-state index in [1.807, 2.05) is 32.0 Å². The maximum absolute atomic E-state index is 12.2. The molecular weight excluding hydrogens is 344 g/mol. The van der Waals surface area contributed by atoms with Crippen LogP contribution in [0.25, 0.3) is 0 Å². The van der Waals surface area contributed by atoms with Crippen LogP contribution in [-0.2, 0) is 10.0 Å². The summed E-state index contributed by atoms with van der Waals surface area (Å²) in [6.07, 6.45) is 0. The molecule has 25 heavy (non-hydrogen) atoms. The first kappa shape index (κ1) is 18.9. The maximum atomic E-state index is 12.2. The van der Waals surface area contributed by atoms with E-state index in [-0.39, 0.29) is 23.7 Å². The number of nitrogens with zero attached hydrogens (tertiary/aromatic N) is 1. The highest BCUT2D eigenvalue weighted by Crippen LogP contribution is 2.22. The van der Waals surface area contributed by atoms with Gasteiger partial charge in [0.2, 0.25) is 10.0 Å². The number of rotatable bonds is 7. The van der Waals surface area contributed by atoms with Gasteiger partial charge in [-0.25, -0.2) is 13.1 Å². The van der Waals surface area contributed by atoms with Gasteiger partial charge in [-0.15, -0.1) is 0 Å². The minimum Gasteiger partial charge on any atom is -0.492 e. The molecule has 0 bridgehead atoms. The fourth-order valence-corrected chi connectivity index (χ4v) is 3.22. The third-order valence-corrected chi connectivity index (χ3v) is 5.29. The molecule has 0 aliphatic rings. The minimum atomic E-state index is -3.84. The van der Waals surface area contributed by atoms with Gasteiger partial charge in [0.05, 0.1) is 9.82 Å². The molecule has 2 aromatic carbocycles. The molecular formula is C17H20N2O5S. The molecule has 0 aromatic heterocycles. The van der Waals surface area contributed by atoms with Crippen LogP contribution in [-0.4, -0.2) is 26.5 Å². The zero-order valence-electron chi connectivity index (χ0n) is 14.3. The predicted molar refractivity (Wildman–Crippen MR) is 94.4 cm³/mol. The molecule has 0 fully saturated rings. The average Bonchev–Trinajstić information content (AvgIpc) is 2.54. The Bertz CT molecular complexity index is 894. The van der Waals surface area contributed by atoms with Crippen molar-refractivity contribution >= 4 is 15.7 Å². The average molecular weight is 364 g/mol. The van der Waals surface area contributed by atoms with Crippen LogP contribution in [0.4, 0.5) is 5.69 Å². The van der Waals surface area contributed by atoms with Crippen molar-refractivity contribution in [1.29, 1.82) is 0 Å². The second-order valence-corrected chi connectivity index (χ2v) is 7.46. The van der Waals surface area contributed by atoms with Crippen LogP contribution < -0.4 is 9.46 Å². The Morgan fingerprint density at radius 2 is 1.72 bits per heavy atom. The fraction of sp³-hybridized carbons (Fsp3) is 0.294. The summed E-state index contributed by atoms with van der Waals surface area (Å²) in [5, 5.41) is 10.9. The summed E-state index contributed by atoms with van der Waals surface area (Å²) in [4.78, 5) is 10.2. The molecule has 7 nitrogen and oxygen atoms in total. The molecule has 0 aliphatic carbocycles. The number of nitrogens with one attached hydrogen (secondary N) is 1. The van der Waals surface area contributed by atoms with Gasteiger partial charge >= 0.3 is 0 Å². The first-order valence-electron chi connectivity index (χ1n) is 7.65. The molecule has 0 atom stereocenters. The van der Waals surface area contributed by atoms with E-state index >= 15 is 0 Å². The van der Waals surface area contributed by atoms with Crippen molar-refractivity contribution in [2.75, 3.05) is 13.2 Å². The number of hydrogen-bond acceptors (Lipinski definition) is 5. The lowest BCUT2D eigenvalue weighted by molar-refractivity contribution is -0.385. The van der Waals surface area contributed by atoms with Gasteiger partial charge in [-0.05, 0) is 50.1 Å². The molecule has 134 valence electrons. The Kier molecular flexibility index (Phi) is 5.76. The monoisotopic (exact) mass is 364 g/mol. The van der Waals surface area contributed by atoms with E-state index in [0.29, 0.717) is 11.3 Å². The highest BCUT2D eigenvalue weighted by atomic mass is 32.2. The smallest absolute Gasteiger partial charge is 0.273 e. The van der Waals surface area contributed by atoms with Crippen LogP contribution in [0.1, 0.15) is 16.7 Å². The molecule has 0 amide bonds. The fourth-order valence-electron chi connectivity index (χ4n) is 2.19. The first-order valence-corrected chi connectivity index (χ1v) is 9.14. The SMILES string of the molecule is Cc1ccc(OCCNS(=O)(=O)c2ccc(C)c([N+](=O)[O-])c2)cc1C. The number of hydrogen-bond donors (Lipinski definition) is 1. The Morgan fingerprint density at radius 1 is 1.04 bits per heavy atom. The standard InChI is InChI=1S/C17H20N2O5S/c1-12-4-6-15(10-14(12)3)24-9-8-18-25(22,23)16-7-5-13(2)17(11-16)19(20)21/h4-7,10-11,18H,8-9H2,1-3H3. The molecule has 0 spiro atoms. The highest BCUT2D eigenvalue weighted by molar-refractivity contribution is 7.89. The Labute approximate surface area is 146 Å². The van der Waals surface area contributed by atoms with Crippen molar-refractivity contribution in [3.8, 4) is 5.75 Å². The Hall–Kier alpha value is -2.45. The largest absolute Gasteiger partial charge is 0.492 e. The lowest BCUT2D eigenvalue weighted by atomic mass is 10.1. The quantitative estimate of drug-likeness (QED) is 0.463. The molecule has 0 saturated heterocycles. The van der Waals surface area contributed by atoms with Gasteiger partial charge in [-0.3, -0.25) is 10.1 Å². The summed E-state index contributed by atoms with van der Waals surface area (Å²) in [6.45, 7) is 5.72. The summed E-state index contributed by atoms with van der Waals surface area (Å²) in [7, 11) is -3.84. The normalized spacial score (nSPS) is 11.3. The van der Waals surface area contributed by atoms with E-state index < -0.39 is 14.9 Å². The molecule has 0 unspecified atom stereocenters. The van der Waals surface area contributed by atoms with Crippen LogP contribution in [0.2, 0.25) is 0 Å². The topological polar surface area (TPSA) is 98.5 Å². The van der Waals surface area contributed by atoms with E-state index in [9.17, 15) is 18.5 Å². The van der Waals surface area contributed by atoms with Gasteiger partial charge < -0.3 is 4.74 Å². The van der Waals surface area contributed by atoms with Crippen LogP contribution >= 0.6 is 0 Å². The molecule has 0 heterocycles. The summed E-state index contributed by atoms with van der Waals surface area (Å²) in [6, 6.07) is 9.45. The number of sulfonamides is 1. The highest BCUT2D eigenvalue weighted by Gasteiger charge is 2.19. The lowest BCUT2D eigenvalue weighted by Crippen LogP contribution is -2.28. The number of nitro groups is 1. The van der Waals surface area contributed by atoms with Crippen molar-refractivity contribution in [1.82, 2.24) is 4.72 Å². The van der Waals surface area contributed by atoms with Crippen molar-refractivity contribution < 1.29 is 18.1 Å². The number of nitro benzene ring substituents is 1. The Morgan fingerprint density at radius 3 is 2.36 bits per heavy atom. The lowest BCUT2D eigenvalue weighted by Gasteiger charge is -2.10. The van der Waals surface area contributed by atoms with E-state index in [1.54, 1.807) is 6.92 Å². The van der Waals surface area contributed by atoms with Gasteiger partial charge in [0, 0.05) is 18.2 Å². The van der Waals surface area contributed by atoms with Crippen molar-refractivity contribution in [3.05, 3.63) is 63.2 Å². The van der Waals surface area contributed by atoms with Gasteiger partial charge in [-0.1, -0.05) is 12.1 Å². The minimum absolute atomic E-state index is 0.0525. The second-order valence-electron chi connectivity index (χ2n) is 5.70. The molecule has 0 saturated carbocycles. The molecule has 2 rings (SSSR count). The van der Waals surface area contributed by atoms with Crippen molar-refractivity contribution in [2.45, 2.75) is 25.7 Å². The third kappa shape index (κ3) is 4.77. The molecule has 8 heteroatoms. The molecule has 2 aromatic rings. The number of aryl methyl sites for hydroxylation is 3. The van der Waals surface area contributed by atoms with Gasteiger partial charge in [0.1, 0.15) is 12.4 Å². The Balaban J connectivity index is 1.98. The zero-order chi connectivity index (χ0) is 18.6. The summed E-state index contributed by atoms with van der Waals surface area (Å²) in [5.41, 5.74) is 2.41. The van der Waals surface area contributed by atoms with Crippen LogP contribution in [0.5, 0.6) is 5.75 Å². The first-order chi connectivity index (χ1) is 11.7. The third-order valence-electron chi connectivity index (χ3n) is 3.83. The van der Waals surface area contributed by atoms with Gasteiger partial charge in [-0.2, -0.15) is 0 Å². The van der Waals surface area contributed by atoms with E-state index in [0.717, 1.165) is 17.2 Å². The van der Waals surface area contributed by atoms with Gasteiger partial charge in [0.15, 0.2) is 0 Å². The van der Waals surface area contributed by atoms with Crippen LogP contribution in [0, 0.1) is 30.9 Å². The maximum Gasteiger partial charge on any atom is 0.273 e. The van der Waals surface area contributed by atoms with Crippen molar-refractivity contribution in [3.63, 3.8) is 0 Å². The number of benzene rings is 2. The van der Waals surface area contributed by atoms with Crippen LogP contribution in [0.3, 0.4) is 0 Å². The zero-order valence-corrected chi connectivity index (χ0v) is 15.1. The summed E-state index contributed by atoms with van der Waals surface area (Å²) in [5.74, 6) is 0.660. The van der Waals surface area contributed by atoms with Crippen molar-refractivity contribution in [2.24, 2.45) is 0 Å². The second kappa shape index (κ2) is 7.62. The number of ether oxygens (including phenoxy) is 1. The van der Waals surface area contributed by atoms with E-state index in [1.165, 1.54) is 12.1 Å². The van der Waals surface area contributed by atoms with Gasteiger partial charge in [0.25, 0.3) is 5.69 Å².